The van der Waals surface area contributed by atoms with Crippen molar-refractivity contribution in [1.29, 1.82) is 0 Å². The number of carbonyl (C=O) groups is 2. The van der Waals surface area contributed by atoms with Crippen LogP contribution in [0, 0.1) is 0 Å². The normalized spacial score (nSPS) is 12.6. The zero-order valence-electron chi connectivity index (χ0n) is 19.7. The summed E-state index contributed by atoms with van der Waals surface area (Å²) in [6.45, 7) is 5.02. The minimum Gasteiger partial charge on any atom is -0.486 e. The van der Waals surface area contributed by atoms with Crippen LogP contribution in [0.5, 0.6) is 11.5 Å². The molecule has 0 saturated carbocycles. The van der Waals surface area contributed by atoms with Crippen molar-refractivity contribution >= 4 is 28.5 Å². The summed E-state index contributed by atoms with van der Waals surface area (Å²) >= 11 is 0. The first-order valence-corrected chi connectivity index (χ1v) is 11.4. The highest BCUT2D eigenvalue weighted by Gasteiger charge is 2.20. The Morgan fingerprint density at radius 2 is 1.71 bits per heavy atom. The highest BCUT2D eigenvalue weighted by Crippen LogP contribution is 2.35. The predicted octanol–water partition coefficient (Wildman–Crippen LogP) is 4.06. The van der Waals surface area contributed by atoms with Gasteiger partial charge in [0.05, 0.1) is 22.8 Å². The van der Waals surface area contributed by atoms with E-state index >= 15 is 0 Å². The Balaban J connectivity index is 1.55. The lowest BCUT2D eigenvalue weighted by atomic mass is 10.1. The summed E-state index contributed by atoms with van der Waals surface area (Å²) < 4.78 is 13.2. The lowest BCUT2D eigenvalue weighted by Gasteiger charge is -2.19. The maximum Gasteiger partial charge on any atom is 0.256 e. The van der Waals surface area contributed by atoms with E-state index in [9.17, 15) is 9.59 Å². The fraction of sp³-hybridized carbons (Fsp3) is 0.231. The number of carbonyl (C=O) groups excluding carboxylic acids is 2. The molecule has 0 saturated heterocycles. The molecule has 0 atom stereocenters. The standard InChI is InChI=1S/C26H25N5O4/c1-15(2)31-24-20(14-28-31)19(26(33)29-18-7-4-16(5-8-18)25(32)27-3)13-21(30-24)17-6-9-22-23(12-17)35-11-10-34-22/h4-9,12-15H,10-11H2,1-3H3,(H,27,32)(H,29,33). The van der Waals surface area contributed by atoms with Crippen LogP contribution >= 0.6 is 0 Å². The zero-order chi connectivity index (χ0) is 24.5. The summed E-state index contributed by atoms with van der Waals surface area (Å²) in [6.07, 6.45) is 1.67. The molecule has 0 unspecified atom stereocenters. The summed E-state index contributed by atoms with van der Waals surface area (Å²) in [4.78, 5) is 30.0. The minimum absolute atomic E-state index is 0.0590. The number of hydrogen-bond acceptors (Lipinski definition) is 6. The Kier molecular flexibility index (Phi) is 5.82. The Labute approximate surface area is 202 Å². The number of benzene rings is 2. The molecular formula is C26H25N5O4. The number of nitrogens with one attached hydrogen (secondary N) is 2. The van der Waals surface area contributed by atoms with E-state index in [1.54, 1.807) is 48.3 Å². The predicted molar refractivity (Wildman–Crippen MR) is 132 cm³/mol. The van der Waals surface area contributed by atoms with Crippen molar-refractivity contribution in [3.63, 3.8) is 0 Å². The van der Waals surface area contributed by atoms with E-state index < -0.39 is 0 Å². The number of rotatable bonds is 5. The van der Waals surface area contributed by atoms with Crippen molar-refractivity contribution in [2.24, 2.45) is 0 Å². The third kappa shape index (κ3) is 4.28. The average Bonchev–Trinajstić information content (AvgIpc) is 3.32. The van der Waals surface area contributed by atoms with Gasteiger partial charge >= 0.3 is 0 Å². The second kappa shape index (κ2) is 9.09. The Bertz CT molecular complexity index is 1430. The van der Waals surface area contributed by atoms with E-state index in [-0.39, 0.29) is 17.9 Å². The number of pyridine rings is 1. The van der Waals surface area contributed by atoms with Gasteiger partial charge in [0.15, 0.2) is 17.1 Å². The maximum atomic E-state index is 13.4. The van der Waals surface area contributed by atoms with Crippen LogP contribution in [-0.2, 0) is 0 Å². The molecule has 0 bridgehead atoms. The van der Waals surface area contributed by atoms with Gasteiger partial charge in [0.1, 0.15) is 13.2 Å². The molecule has 4 aromatic rings. The fourth-order valence-electron chi connectivity index (χ4n) is 3.98. The molecule has 1 aliphatic rings. The van der Waals surface area contributed by atoms with Crippen molar-refractivity contribution in [2.45, 2.75) is 19.9 Å². The van der Waals surface area contributed by atoms with Crippen molar-refractivity contribution in [3.05, 3.63) is 65.9 Å². The number of ether oxygens (including phenoxy) is 2. The molecule has 5 rings (SSSR count). The summed E-state index contributed by atoms with van der Waals surface area (Å²) in [6, 6.07) is 14.2. The van der Waals surface area contributed by atoms with Crippen LogP contribution in [0.15, 0.2) is 54.7 Å². The molecule has 2 aromatic heterocycles. The molecule has 2 N–H and O–H groups in total. The molecule has 35 heavy (non-hydrogen) atoms. The van der Waals surface area contributed by atoms with Crippen molar-refractivity contribution in [2.75, 3.05) is 25.6 Å². The number of anilines is 1. The zero-order valence-corrected chi connectivity index (χ0v) is 19.7. The van der Waals surface area contributed by atoms with E-state index in [2.05, 4.69) is 15.7 Å². The lowest BCUT2D eigenvalue weighted by Crippen LogP contribution is -2.18. The number of fused-ring (bicyclic) bond motifs is 2. The van der Waals surface area contributed by atoms with Gasteiger partial charge in [-0.25, -0.2) is 9.67 Å². The Morgan fingerprint density at radius 3 is 2.43 bits per heavy atom. The quantitative estimate of drug-likeness (QED) is 0.455. The van der Waals surface area contributed by atoms with Crippen LogP contribution in [0.4, 0.5) is 5.69 Å². The van der Waals surface area contributed by atoms with Gasteiger partial charge < -0.3 is 20.1 Å². The van der Waals surface area contributed by atoms with Crippen LogP contribution in [0.25, 0.3) is 22.3 Å². The van der Waals surface area contributed by atoms with Gasteiger partial charge in [-0.05, 0) is 62.4 Å². The number of amides is 2. The van der Waals surface area contributed by atoms with Gasteiger partial charge in [0, 0.05) is 29.9 Å². The second-order valence-corrected chi connectivity index (χ2v) is 8.44. The lowest BCUT2D eigenvalue weighted by molar-refractivity contribution is 0.0962. The maximum absolute atomic E-state index is 13.4. The van der Waals surface area contributed by atoms with Gasteiger partial charge in [0.2, 0.25) is 0 Å². The first-order valence-electron chi connectivity index (χ1n) is 11.4. The Hall–Kier alpha value is -4.40. The minimum atomic E-state index is -0.299. The van der Waals surface area contributed by atoms with E-state index in [0.29, 0.717) is 58.3 Å². The molecule has 3 heterocycles. The summed E-state index contributed by atoms with van der Waals surface area (Å²) in [5.41, 5.74) is 3.57. The third-order valence-corrected chi connectivity index (χ3v) is 5.77. The molecular weight excluding hydrogens is 446 g/mol. The van der Waals surface area contributed by atoms with E-state index in [4.69, 9.17) is 14.5 Å². The fourth-order valence-corrected chi connectivity index (χ4v) is 3.98. The first-order chi connectivity index (χ1) is 16.9. The monoisotopic (exact) mass is 471 g/mol. The highest BCUT2D eigenvalue weighted by molar-refractivity contribution is 6.12. The molecule has 2 aromatic carbocycles. The smallest absolute Gasteiger partial charge is 0.256 e. The number of aromatic nitrogens is 3. The molecule has 0 radical (unpaired) electrons. The SMILES string of the molecule is CNC(=O)c1ccc(NC(=O)c2cc(-c3ccc4c(c3)OCCO4)nc3c2cnn3C(C)C)cc1. The Morgan fingerprint density at radius 1 is 0.971 bits per heavy atom. The second-order valence-electron chi connectivity index (χ2n) is 8.44. The summed E-state index contributed by atoms with van der Waals surface area (Å²) in [5.74, 6) is 0.845. The van der Waals surface area contributed by atoms with Crippen LogP contribution < -0.4 is 20.1 Å². The molecule has 0 fully saturated rings. The van der Waals surface area contributed by atoms with Gasteiger partial charge in [-0.2, -0.15) is 5.10 Å². The van der Waals surface area contributed by atoms with Gasteiger partial charge in [0.25, 0.3) is 11.8 Å². The van der Waals surface area contributed by atoms with Crippen molar-refractivity contribution in [3.8, 4) is 22.8 Å². The first kappa shape index (κ1) is 22.4. The molecule has 9 nitrogen and oxygen atoms in total. The summed E-state index contributed by atoms with van der Waals surface area (Å²) in [7, 11) is 1.57. The third-order valence-electron chi connectivity index (χ3n) is 5.77. The molecule has 178 valence electrons. The summed E-state index contributed by atoms with van der Waals surface area (Å²) in [5, 5.41) is 10.6. The molecule has 9 heteroatoms. The van der Waals surface area contributed by atoms with Gasteiger partial charge in [-0.15, -0.1) is 0 Å². The molecule has 0 spiro atoms. The van der Waals surface area contributed by atoms with Crippen molar-refractivity contribution < 1.29 is 19.1 Å². The molecule has 2 amide bonds. The topological polar surface area (TPSA) is 107 Å². The van der Waals surface area contributed by atoms with Gasteiger partial charge in [-0.1, -0.05) is 0 Å². The van der Waals surface area contributed by atoms with Crippen LogP contribution in [0.1, 0.15) is 40.6 Å². The van der Waals surface area contributed by atoms with Crippen LogP contribution in [-0.4, -0.2) is 46.8 Å². The average molecular weight is 472 g/mol. The van der Waals surface area contributed by atoms with Crippen molar-refractivity contribution in [1.82, 2.24) is 20.1 Å². The number of nitrogens with zero attached hydrogens (tertiary/aromatic N) is 3. The van der Waals surface area contributed by atoms with E-state index in [1.165, 1.54) is 0 Å². The largest absolute Gasteiger partial charge is 0.486 e. The molecule has 1 aliphatic heterocycles. The molecule has 0 aliphatic carbocycles. The van der Waals surface area contributed by atoms with Crippen LogP contribution in [0.2, 0.25) is 0 Å². The van der Waals surface area contributed by atoms with Gasteiger partial charge in [-0.3, -0.25) is 9.59 Å². The number of hydrogen-bond donors (Lipinski definition) is 2. The van der Waals surface area contributed by atoms with E-state index in [0.717, 1.165) is 5.56 Å². The van der Waals surface area contributed by atoms with Crippen LogP contribution in [0.3, 0.4) is 0 Å². The highest BCUT2D eigenvalue weighted by atomic mass is 16.6. The van der Waals surface area contributed by atoms with E-state index in [1.807, 2.05) is 32.0 Å².